The van der Waals surface area contributed by atoms with Crippen LogP contribution in [0.25, 0.3) is 0 Å². The number of hydrogen-bond donors (Lipinski definition) is 2. The molecule has 16 heavy (non-hydrogen) atoms. The standard InChI is InChI=1S/C12H17BrO3/c1-9(15)11-5-4-10(13)8-12(11)16-7-3-2-6-14/h4-5,8-9,14-15H,2-3,6-7H2,1H3/t9-/m1/s1. The van der Waals surface area contributed by atoms with Gasteiger partial charge in [-0.2, -0.15) is 0 Å². The summed E-state index contributed by atoms with van der Waals surface area (Å²) in [6.07, 6.45) is 1.00. The molecule has 4 heteroatoms. The van der Waals surface area contributed by atoms with Crippen LogP contribution in [0.1, 0.15) is 31.4 Å². The quantitative estimate of drug-likeness (QED) is 0.792. The third-order valence-electron chi connectivity index (χ3n) is 2.24. The van der Waals surface area contributed by atoms with Gasteiger partial charge in [0, 0.05) is 16.6 Å². The van der Waals surface area contributed by atoms with E-state index in [0.29, 0.717) is 12.4 Å². The van der Waals surface area contributed by atoms with Crippen molar-refractivity contribution in [2.45, 2.75) is 25.9 Å². The summed E-state index contributed by atoms with van der Waals surface area (Å²) in [5, 5.41) is 18.2. The Morgan fingerprint density at radius 3 is 2.75 bits per heavy atom. The van der Waals surface area contributed by atoms with Crippen LogP contribution in [0.3, 0.4) is 0 Å². The van der Waals surface area contributed by atoms with Crippen LogP contribution < -0.4 is 4.74 Å². The fourth-order valence-corrected chi connectivity index (χ4v) is 1.71. The predicted molar refractivity (Wildman–Crippen MR) is 66.6 cm³/mol. The summed E-state index contributed by atoms with van der Waals surface area (Å²) in [5.74, 6) is 0.697. The number of hydrogen-bond acceptors (Lipinski definition) is 3. The highest BCUT2D eigenvalue weighted by Crippen LogP contribution is 2.28. The van der Waals surface area contributed by atoms with Crippen molar-refractivity contribution >= 4 is 15.9 Å². The summed E-state index contributed by atoms with van der Waals surface area (Å²) in [5.41, 5.74) is 0.784. The van der Waals surface area contributed by atoms with Crippen LogP contribution in [0.2, 0.25) is 0 Å². The minimum absolute atomic E-state index is 0.186. The predicted octanol–water partition coefficient (Wildman–Crippen LogP) is 2.65. The summed E-state index contributed by atoms with van der Waals surface area (Å²) >= 11 is 3.37. The Bertz CT molecular complexity index is 326. The third-order valence-corrected chi connectivity index (χ3v) is 2.73. The first kappa shape index (κ1) is 13.5. The summed E-state index contributed by atoms with van der Waals surface area (Å²) in [4.78, 5) is 0. The van der Waals surface area contributed by atoms with Crippen LogP contribution in [0.4, 0.5) is 0 Å². The van der Waals surface area contributed by atoms with Gasteiger partial charge in [0.1, 0.15) is 5.75 Å². The molecule has 0 aliphatic heterocycles. The minimum Gasteiger partial charge on any atom is -0.493 e. The summed E-state index contributed by atoms with van der Waals surface area (Å²) in [6.45, 7) is 2.45. The molecule has 0 unspecified atom stereocenters. The van der Waals surface area contributed by atoms with Crippen molar-refractivity contribution in [3.8, 4) is 5.75 Å². The van der Waals surface area contributed by atoms with E-state index in [1.165, 1.54) is 0 Å². The van der Waals surface area contributed by atoms with E-state index in [2.05, 4.69) is 15.9 Å². The molecule has 90 valence electrons. The van der Waals surface area contributed by atoms with Gasteiger partial charge in [-0.25, -0.2) is 0 Å². The molecule has 3 nitrogen and oxygen atoms in total. The number of unbranched alkanes of at least 4 members (excludes halogenated alkanes) is 1. The number of benzene rings is 1. The van der Waals surface area contributed by atoms with Gasteiger partial charge >= 0.3 is 0 Å². The Balaban J connectivity index is 2.65. The van der Waals surface area contributed by atoms with E-state index in [4.69, 9.17) is 9.84 Å². The summed E-state index contributed by atoms with van der Waals surface area (Å²) in [6, 6.07) is 5.57. The number of ether oxygens (including phenoxy) is 1. The van der Waals surface area contributed by atoms with Crippen molar-refractivity contribution in [3.05, 3.63) is 28.2 Å². The van der Waals surface area contributed by atoms with E-state index >= 15 is 0 Å². The van der Waals surface area contributed by atoms with E-state index in [0.717, 1.165) is 22.9 Å². The van der Waals surface area contributed by atoms with Crippen molar-refractivity contribution in [3.63, 3.8) is 0 Å². The maximum absolute atomic E-state index is 9.56. The topological polar surface area (TPSA) is 49.7 Å². The van der Waals surface area contributed by atoms with Crippen LogP contribution in [-0.4, -0.2) is 23.4 Å². The number of rotatable bonds is 6. The Morgan fingerprint density at radius 2 is 2.12 bits per heavy atom. The van der Waals surface area contributed by atoms with E-state index in [9.17, 15) is 5.11 Å². The van der Waals surface area contributed by atoms with Crippen molar-refractivity contribution < 1.29 is 14.9 Å². The maximum Gasteiger partial charge on any atom is 0.126 e. The van der Waals surface area contributed by atoms with Gasteiger partial charge in [-0.15, -0.1) is 0 Å². The zero-order chi connectivity index (χ0) is 12.0. The molecule has 1 rings (SSSR count). The van der Waals surface area contributed by atoms with Crippen molar-refractivity contribution in [2.24, 2.45) is 0 Å². The number of aliphatic hydroxyl groups is 2. The highest BCUT2D eigenvalue weighted by atomic mass is 79.9. The molecular formula is C12H17BrO3. The van der Waals surface area contributed by atoms with Crippen LogP contribution >= 0.6 is 15.9 Å². The lowest BCUT2D eigenvalue weighted by Crippen LogP contribution is -2.03. The van der Waals surface area contributed by atoms with Gasteiger partial charge in [0.25, 0.3) is 0 Å². The molecule has 0 amide bonds. The molecule has 1 aromatic rings. The Morgan fingerprint density at radius 1 is 1.38 bits per heavy atom. The van der Waals surface area contributed by atoms with Crippen molar-refractivity contribution in [1.82, 2.24) is 0 Å². The fourth-order valence-electron chi connectivity index (χ4n) is 1.37. The highest BCUT2D eigenvalue weighted by molar-refractivity contribution is 9.10. The molecular weight excluding hydrogens is 272 g/mol. The lowest BCUT2D eigenvalue weighted by Gasteiger charge is -2.13. The molecule has 0 saturated carbocycles. The Hall–Kier alpha value is -0.580. The second kappa shape index (κ2) is 6.89. The first-order valence-electron chi connectivity index (χ1n) is 5.36. The molecule has 0 aromatic heterocycles. The molecule has 0 spiro atoms. The average molecular weight is 289 g/mol. The van der Waals surface area contributed by atoms with Crippen LogP contribution in [0.15, 0.2) is 22.7 Å². The molecule has 0 radical (unpaired) electrons. The van der Waals surface area contributed by atoms with Gasteiger partial charge in [0.05, 0.1) is 12.7 Å². The van der Waals surface area contributed by atoms with Crippen LogP contribution in [0, 0.1) is 0 Å². The van der Waals surface area contributed by atoms with E-state index in [1.807, 2.05) is 18.2 Å². The molecule has 0 bridgehead atoms. The zero-order valence-corrected chi connectivity index (χ0v) is 10.9. The number of aliphatic hydroxyl groups excluding tert-OH is 2. The SMILES string of the molecule is C[C@@H](O)c1ccc(Br)cc1OCCCCO. The second-order valence-corrected chi connectivity index (χ2v) is 4.55. The summed E-state index contributed by atoms with van der Waals surface area (Å²) < 4.78 is 6.51. The van der Waals surface area contributed by atoms with Crippen LogP contribution in [-0.2, 0) is 0 Å². The molecule has 2 N–H and O–H groups in total. The Labute approximate surface area is 104 Å². The lowest BCUT2D eigenvalue weighted by atomic mass is 10.1. The second-order valence-electron chi connectivity index (χ2n) is 3.64. The molecule has 0 fully saturated rings. The molecule has 0 aliphatic carbocycles. The van der Waals surface area contributed by atoms with Gasteiger partial charge in [-0.3, -0.25) is 0 Å². The molecule has 0 aliphatic rings. The highest BCUT2D eigenvalue weighted by Gasteiger charge is 2.09. The maximum atomic E-state index is 9.56. The van der Waals surface area contributed by atoms with Gasteiger partial charge in [0.15, 0.2) is 0 Å². The molecule has 1 atom stereocenters. The average Bonchev–Trinajstić information content (AvgIpc) is 2.24. The van der Waals surface area contributed by atoms with Crippen LogP contribution in [0.5, 0.6) is 5.75 Å². The van der Waals surface area contributed by atoms with Crippen molar-refractivity contribution in [1.29, 1.82) is 0 Å². The van der Waals surface area contributed by atoms with Gasteiger partial charge < -0.3 is 14.9 Å². The van der Waals surface area contributed by atoms with E-state index in [1.54, 1.807) is 6.92 Å². The molecule has 0 heterocycles. The number of halogens is 1. The smallest absolute Gasteiger partial charge is 0.126 e. The van der Waals surface area contributed by atoms with Gasteiger partial charge in [-0.1, -0.05) is 22.0 Å². The Kier molecular flexibility index (Phi) is 5.80. The first-order chi connectivity index (χ1) is 7.65. The van der Waals surface area contributed by atoms with E-state index < -0.39 is 6.10 Å². The molecule has 0 saturated heterocycles. The van der Waals surface area contributed by atoms with Gasteiger partial charge in [0.2, 0.25) is 0 Å². The first-order valence-corrected chi connectivity index (χ1v) is 6.15. The minimum atomic E-state index is -0.541. The third kappa shape index (κ3) is 4.12. The van der Waals surface area contributed by atoms with E-state index in [-0.39, 0.29) is 6.61 Å². The normalized spacial score (nSPS) is 12.5. The zero-order valence-electron chi connectivity index (χ0n) is 9.32. The monoisotopic (exact) mass is 288 g/mol. The molecule has 1 aromatic carbocycles. The van der Waals surface area contributed by atoms with Crippen molar-refractivity contribution in [2.75, 3.05) is 13.2 Å². The lowest BCUT2D eigenvalue weighted by molar-refractivity contribution is 0.189. The largest absolute Gasteiger partial charge is 0.493 e. The van der Waals surface area contributed by atoms with Gasteiger partial charge in [-0.05, 0) is 31.9 Å². The summed E-state index contributed by atoms with van der Waals surface area (Å²) in [7, 11) is 0. The fraction of sp³-hybridized carbons (Fsp3) is 0.500.